The molecule has 6 nitrogen and oxygen atoms in total. The van der Waals surface area contributed by atoms with E-state index in [1.165, 1.54) is 21.2 Å². The lowest BCUT2D eigenvalue weighted by Gasteiger charge is -2.44. The molecule has 0 unspecified atom stereocenters. The van der Waals surface area contributed by atoms with Gasteiger partial charge in [0.1, 0.15) is 22.9 Å². The third-order valence-corrected chi connectivity index (χ3v) is 7.39. The van der Waals surface area contributed by atoms with Gasteiger partial charge in [0.15, 0.2) is 0 Å². The molecule has 5 rings (SSSR count). The summed E-state index contributed by atoms with van der Waals surface area (Å²) in [5.74, 6) is -2.58. The van der Waals surface area contributed by atoms with Gasteiger partial charge in [-0.1, -0.05) is 50.5 Å². The molecule has 8 heteroatoms. The van der Waals surface area contributed by atoms with Gasteiger partial charge in [-0.25, -0.2) is 8.78 Å². The van der Waals surface area contributed by atoms with Crippen molar-refractivity contribution in [3.8, 4) is 11.3 Å². The van der Waals surface area contributed by atoms with Gasteiger partial charge in [-0.3, -0.25) is 19.2 Å². The van der Waals surface area contributed by atoms with Crippen molar-refractivity contribution in [2.24, 2.45) is 0 Å². The number of carbonyl (C=O) groups excluding carboxylic acids is 2. The Morgan fingerprint density at radius 3 is 2.47 bits per heavy atom. The smallest absolute Gasteiger partial charge is 0.277 e. The van der Waals surface area contributed by atoms with Crippen molar-refractivity contribution in [2.75, 3.05) is 4.90 Å². The number of fused-ring (bicyclic) bond motifs is 1. The standard InChI is InChI=1S/C28H30F2N4O2/c1-3-18-9-11-19(12-10-18)23-16-25-26(35)34(24-14-13-20(29)15-22(24)30)28(2,17-33(25)32-23)27(36)31-21-7-5-4-6-8-21/h9-16,21H,3-8,17H2,1-2H3,(H,31,36)/t28-/m1/s1. The average Bonchev–Trinajstić information content (AvgIpc) is 3.30. The number of aromatic nitrogens is 2. The van der Waals surface area contributed by atoms with Gasteiger partial charge < -0.3 is 5.32 Å². The van der Waals surface area contributed by atoms with Crippen molar-refractivity contribution in [1.29, 1.82) is 0 Å². The summed E-state index contributed by atoms with van der Waals surface area (Å²) in [6.07, 6.45) is 5.83. The molecule has 0 saturated heterocycles. The van der Waals surface area contributed by atoms with E-state index in [1.807, 2.05) is 24.3 Å². The summed E-state index contributed by atoms with van der Waals surface area (Å²) in [5.41, 5.74) is 1.27. The molecule has 2 aliphatic rings. The van der Waals surface area contributed by atoms with Crippen LogP contribution < -0.4 is 10.2 Å². The molecular formula is C28H30F2N4O2. The molecule has 3 aromatic rings. The monoisotopic (exact) mass is 492 g/mol. The van der Waals surface area contributed by atoms with E-state index in [0.29, 0.717) is 5.69 Å². The van der Waals surface area contributed by atoms with E-state index < -0.39 is 23.1 Å². The highest BCUT2D eigenvalue weighted by Gasteiger charge is 2.50. The van der Waals surface area contributed by atoms with Crippen molar-refractivity contribution in [3.05, 3.63) is 71.4 Å². The Hall–Kier alpha value is -3.55. The number of aryl methyl sites for hydroxylation is 1. The van der Waals surface area contributed by atoms with Crippen LogP contribution >= 0.6 is 0 Å². The summed E-state index contributed by atoms with van der Waals surface area (Å²) in [6.45, 7) is 3.73. The first-order valence-electron chi connectivity index (χ1n) is 12.6. The van der Waals surface area contributed by atoms with Crippen molar-refractivity contribution >= 4 is 17.5 Å². The Balaban J connectivity index is 1.56. The van der Waals surface area contributed by atoms with E-state index in [2.05, 4.69) is 17.3 Å². The molecule has 1 fully saturated rings. The van der Waals surface area contributed by atoms with Gasteiger partial charge >= 0.3 is 0 Å². The fourth-order valence-electron chi connectivity index (χ4n) is 5.26. The molecule has 2 aromatic carbocycles. The lowest BCUT2D eigenvalue weighted by Crippen LogP contribution is -2.65. The molecule has 1 aliphatic heterocycles. The molecule has 188 valence electrons. The highest BCUT2D eigenvalue weighted by atomic mass is 19.1. The van der Waals surface area contributed by atoms with Gasteiger partial charge in [-0.15, -0.1) is 0 Å². The first-order valence-corrected chi connectivity index (χ1v) is 12.6. The van der Waals surface area contributed by atoms with Crippen molar-refractivity contribution in [2.45, 2.75) is 70.5 Å². The number of halogens is 2. The van der Waals surface area contributed by atoms with Gasteiger partial charge in [0.2, 0.25) is 5.91 Å². The summed E-state index contributed by atoms with van der Waals surface area (Å²) in [7, 11) is 0. The fraction of sp³-hybridized carbons (Fsp3) is 0.393. The first kappa shape index (κ1) is 24.2. The zero-order valence-electron chi connectivity index (χ0n) is 20.6. The predicted octanol–water partition coefficient (Wildman–Crippen LogP) is 5.26. The Labute approximate surface area is 209 Å². The SMILES string of the molecule is CCc1ccc(-c2cc3n(n2)C[C@](C)(C(=O)NC2CCCCC2)N(c2ccc(F)cc2F)C3=O)cc1. The number of hydrogen-bond donors (Lipinski definition) is 1. The first-order chi connectivity index (χ1) is 17.3. The number of nitrogens with one attached hydrogen (secondary N) is 1. The molecule has 2 amide bonds. The molecule has 36 heavy (non-hydrogen) atoms. The van der Waals surface area contributed by atoms with Crippen molar-refractivity contribution < 1.29 is 18.4 Å². The molecule has 0 radical (unpaired) electrons. The summed E-state index contributed by atoms with van der Waals surface area (Å²) in [5, 5.41) is 7.74. The number of nitrogens with zero attached hydrogens (tertiary/aromatic N) is 3. The minimum absolute atomic E-state index is 0.00440. The molecule has 1 N–H and O–H groups in total. The van der Waals surface area contributed by atoms with Crippen molar-refractivity contribution in [3.63, 3.8) is 0 Å². The quantitative estimate of drug-likeness (QED) is 0.529. The highest BCUT2D eigenvalue weighted by molar-refractivity contribution is 6.12. The maximum absolute atomic E-state index is 15.0. The maximum atomic E-state index is 15.0. The highest BCUT2D eigenvalue weighted by Crippen LogP contribution is 2.36. The largest absolute Gasteiger partial charge is 0.351 e. The third-order valence-electron chi connectivity index (χ3n) is 7.39. The van der Waals surface area contributed by atoms with Gasteiger partial charge in [0.25, 0.3) is 5.91 Å². The van der Waals surface area contributed by atoms with E-state index in [9.17, 15) is 14.0 Å². The average molecular weight is 493 g/mol. The van der Waals surface area contributed by atoms with E-state index in [1.54, 1.807) is 13.0 Å². The minimum Gasteiger partial charge on any atom is -0.351 e. The molecule has 0 spiro atoms. The van der Waals surface area contributed by atoms with E-state index in [0.717, 1.165) is 56.2 Å². The van der Waals surface area contributed by atoms with Crippen LogP contribution in [-0.4, -0.2) is 33.2 Å². The topological polar surface area (TPSA) is 67.2 Å². The van der Waals surface area contributed by atoms with E-state index in [-0.39, 0.29) is 29.9 Å². The summed E-state index contributed by atoms with van der Waals surface area (Å²) < 4.78 is 30.3. The number of anilines is 1. The summed E-state index contributed by atoms with van der Waals surface area (Å²) in [6, 6.07) is 12.6. The number of benzene rings is 2. The third kappa shape index (κ3) is 4.29. The second-order valence-electron chi connectivity index (χ2n) is 9.94. The van der Waals surface area contributed by atoms with Crippen LogP contribution in [0.25, 0.3) is 11.3 Å². The normalized spacial score (nSPS) is 20.3. The van der Waals surface area contributed by atoms with Crippen molar-refractivity contribution in [1.82, 2.24) is 15.1 Å². The zero-order valence-corrected chi connectivity index (χ0v) is 20.6. The summed E-state index contributed by atoms with van der Waals surface area (Å²) in [4.78, 5) is 28.7. The second kappa shape index (κ2) is 9.48. The Morgan fingerprint density at radius 2 is 1.81 bits per heavy atom. The van der Waals surface area contributed by atoms with Gasteiger partial charge in [0.05, 0.1) is 17.9 Å². The van der Waals surface area contributed by atoms with Crippen LogP contribution in [0.2, 0.25) is 0 Å². The molecule has 2 heterocycles. The molecular weight excluding hydrogens is 462 g/mol. The van der Waals surface area contributed by atoms with Crippen LogP contribution in [0.15, 0.2) is 48.5 Å². The van der Waals surface area contributed by atoms with Gasteiger partial charge in [-0.2, -0.15) is 5.10 Å². The van der Waals surface area contributed by atoms with Gasteiger partial charge in [-0.05, 0) is 49.9 Å². The Kier molecular flexibility index (Phi) is 6.36. The van der Waals surface area contributed by atoms with Crippen LogP contribution in [0.4, 0.5) is 14.5 Å². The maximum Gasteiger partial charge on any atom is 0.277 e. The number of carbonyl (C=O) groups is 2. The Morgan fingerprint density at radius 1 is 1.08 bits per heavy atom. The minimum atomic E-state index is -1.46. The molecule has 1 aromatic heterocycles. The molecule has 1 atom stereocenters. The van der Waals surface area contributed by atoms with Crippen LogP contribution in [0.1, 0.15) is 62.0 Å². The summed E-state index contributed by atoms with van der Waals surface area (Å²) >= 11 is 0. The number of rotatable bonds is 5. The van der Waals surface area contributed by atoms with E-state index in [4.69, 9.17) is 0 Å². The van der Waals surface area contributed by atoms with E-state index >= 15 is 4.39 Å². The number of hydrogen-bond acceptors (Lipinski definition) is 3. The lowest BCUT2D eigenvalue weighted by molar-refractivity contribution is -0.127. The molecule has 1 aliphatic carbocycles. The van der Waals surface area contributed by atoms with Crippen LogP contribution in [0.5, 0.6) is 0 Å². The van der Waals surface area contributed by atoms with Crippen LogP contribution in [0.3, 0.4) is 0 Å². The number of amides is 2. The lowest BCUT2D eigenvalue weighted by atomic mass is 9.91. The van der Waals surface area contributed by atoms with Crippen LogP contribution in [0, 0.1) is 11.6 Å². The molecule has 1 saturated carbocycles. The predicted molar refractivity (Wildman–Crippen MR) is 134 cm³/mol. The van der Waals surface area contributed by atoms with Gasteiger partial charge in [0, 0.05) is 17.7 Å². The molecule has 0 bridgehead atoms. The fourth-order valence-corrected chi connectivity index (χ4v) is 5.26. The Bertz CT molecular complexity index is 1300. The second-order valence-corrected chi connectivity index (χ2v) is 9.94. The van der Waals surface area contributed by atoms with Crippen LogP contribution in [-0.2, 0) is 17.8 Å². The zero-order chi connectivity index (χ0) is 25.4.